The summed E-state index contributed by atoms with van der Waals surface area (Å²) in [5.74, 6) is -1.44. The van der Waals surface area contributed by atoms with E-state index in [1.165, 1.54) is 11.8 Å². The zero-order valence-corrected chi connectivity index (χ0v) is 13.6. The average molecular weight is 345 g/mol. The normalized spacial score (nSPS) is 27.8. The van der Waals surface area contributed by atoms with Crippen molar-refractivity contribution in [3.8, 4) is 0 Å². The molecule has 0 bridgehead atoms. The predicted octanol–water partition coefficient (Wildman–Crippen LogP) is -0.810. The van der Waals surface area contributed by atoms with E-state index in [0.29, 0.717) is 11.7 Å². The number of amides is 1. The van der Waals surface area contributed by atoms with Gasteiger partial charge in [-0.2, -0.15) is 4.99 Å². The second kappa shape index (κ2) is 6.82. The maximum Gasteiger partial charge on any atom is 0.248 e. The van der Waals surface area contributed by atoms with Crippen LogP contribution < -0.4 is 5.11 Å². The summed E-state index contributed by atoms with van der Waals surface area (Å²) in [6.45, 7) is 4.07. The first-order valence-corrected chi connectivity index (χ1v) is 9.58. The molecule has 0 radical (unpaired) electrons. The minimum atomic E-state index is -3.04. The van der Waals surface area contributed by atoms with E-state index in [-0.39, 0.29) is 42.1 Å². The van der Waals surface area contributed by atoms with Gasteiger partial charge in [-0.25, -0.2) is 8.42 Å². The fourth-order valence-electron chi connectivity index (χ4n) is 2.53. The number of hydrogen-bond acceptors (Lipinski definition) is 6. The van der Waals surface area contributed by atoms with Gasteiger partial charge in [0, 0.05) is 24.2 Å². The minimum Gasteiger partial charge on any atom is -0.550 e. The van der Waals surface area contributed by atoms with Gasteiger partial charge in [0.2, 0.25) is 5.91 Å². The van der Waals surface area contributed by atoms with E-state index < -0.39 is 21.7 Å². The number of carbonyl (C=O) groups is 2. The first-order chi connectivity index (χ1) is 10.3. The van der Waals surface area contributed by atoms with Crippen LogP contribution in [-0.2, 0) is 19.4 Å². The van der Waals surface area contributed by atoms with E-state index in [9.17, 15) is 23.1 Å². The van der Waals surface area contributed by atoms with Crippen LogP contribution in [0.4, 0.5) is 0 Å². The smallest absolute Gasteiger partial charge is 0.248 e. The number of carboxylic acid groups (broad SMARTS) is 1. The molecule has 0 aromatic rings. The number of fused-ring (bicyclic) bond motifs is 1. The lowest BCUT2D eigenvalue weighted by Crippen LogP contribution is -2.37. The highest BCUT2D eigenvalue weighted by molar-refractivity contribution is 8.15. The monoisotopic (exact) mass is 345 g/mol. The van der Waals surface area contributed by atoms with Gasteiger partial charge in [0.25, 0.3) is 0 Å². The zero-order valence-electron chi connectivity index (χ0n) is 11.9. The van der Waals surface area contributed by atoms with Gasteiger partial charge in [-0.1, -0.05) is 17.8 Å². The van der Waals surface area contributed by atoms with Crippen molar-refractivity contribution >= 4 is 38.6 Å². The summed E-state index contributed by atoms with van der Waals surface area (Å²) in [6, 6.07) is -0.178. The first kappa shape index (κ1) is 17.0. The van der Waals surface area contributed by atoms with Gasteiger partial charge in [-0.15, -0.1) is 6.58 Å². The fraction of sp³-hybridized carbons (Fsp3) is 0.615. The number of aliphatic imine (C=N–C) groups is 1. The van der Waals surface area contributed by atoms with Crippen LogP contribution in [-0.4, -0.2) is 59.7 Å². The SMILES string of the molecule is C=CCN1C(=NC(=O)CCCC(=O)[O-])S[C@H]2CS(=O)(=O)C[C@H]21. The standard InChI is InChI=1S/C13H18N2O5S2/c1-2-6-15-9-7-22(19,20)8-10(9)21-13(15)14-11(16)4-3-5-12(17)18/h2,9-10H,1,3-8H2,(H,17,18)/p-1/t9-,10+/m1/s1. The fourth-order valence-corrected chi connectivity index (χ4v) is 6.51. The largest absolute Gasteiger partial charge is 0.550 e. The quantitative estimate of drug-likeness (QED) is 0.579. The van der Waals surface area contributed by atoms with E-state index in [2.05, 4.69) is 11.6 Å². The lowest BCUT2D eigenvalue weighted by molar-refractivity contribution is -0.305. The highest BCUT2D eigenvalue weighted by Crippen LogP contribution is 2.38. The molecule has 2 fully saturated rings. The topological polar surface area (TPSA) is 107 Å². The highest BCUT2D eigenvalue weighted by Gasteiger charge is 2.48. The number of sulfone groups is 1. The van der Waals surface area contributed by atoms with Crippen LogP contribution in [0, 0.1) is 0 Å². The Balaban J connectivity index is 2.04. The Kier molecular flexibility index (Phi) is 5.28. The Bertz CT molecular complexity index is 614. The van der Waals surface area contributed by atoms with Crippen LogP contribution in [0.1, 0.15) is 19.3 Å². The Morgan fingerprint density at radius 3 is 2.77 bits per heavy atom. The average Bonchev–Trinajstić information content (AvgIpc) is 2.83. The Hall–Kier alpha value is -1.35. The molecule has 1 amide bonds. The van der Waals surface area contributed by atoms with E-state index in [1.807, 2.05) is 0 Å². The van der Waals surface area contributed by atoms with Crippen LogP contribution in [0.15, 0.2) is 17.6 Å². The number of hydrogen-bond donors (Lipinski definition) is 0. The first-order valence-electron chi connectivity index (χ1n) is 6.88. The van der Waals surface area contributed by atoms with Gasteiger partial charge >= 0.3 is 0 Å². The summed E-state index contributed by atoms with van der Waals surface area (Å²) < 4.78 is 23.4. The summed E-state index contributed by atoms with van der Waals surface area (Å²) in [4.78, 5) is 27.9. The van der Waals surface area contributed by atoms with Crippen LogP contribution in [0.25, 0.3) is 0 Å². The Morgan fingerprint density at radius 2 is 2.14 bits per heavy atom. The van der Waals surface area contributed by atoms with Gasteiger partial charge in [0.15, 0.2) is 15.0 Å². The van der Waals surface area contributed by atoms with Crippen molar-refractivity contribution in [1.82, 2.24) is 4.90 Å². The van der Waals surface area contributed by atoms with Gasteiger partial charge in [0.1, 0.15) is 0 Å². The highest BCUT2D eigenvalue weighted by atomic mass is 32.2. The number of rotatable bonds is 6. The molecular weight excluding hydrogens is 328 g/mol. The summed E-state index contributed by atoms with van der Waals surface area (Å²) in [5, 5.41) is 10.7. The van der Waals surface area contributed by atoms with Crippen LogP contribution >= 0.6 is 11.8 Å². The number of amidine groups is 1. The maximum atomic E-state index is 11.8. The van der Waals surface area contributed by atoms with Crippen molar-refractivity contribution in [3.63, 3.8) is 0 Å². The van der Waals surface area contributed by atoms with Crippen molar-refractivity contribution in [1.29, 1.82) is 0 Å². The third-order valence-electron chi connectivity index (χ3n) is 3.49. The van der Waals surface area contributed by atoms with Gasteiger partial charge in [-0.3, -0.25) is 4.79 Å². The van der Waals surface area contributed by atoms with Gasteiger partial charge in [0.05, 0.1) is 17.5 Å². The zero-order chi connectivity index (χ0) is 16.3. The number of thioether (sulfide) groups is 1. The number of carbonyl (C=O) groups excluding carboxylic acids is 2. The second-order valence-corrected chi connectivity index (χ2v) is 8.62. The molecule has 0 aromatic heterocycles. The summed E-state index contributed by atoms with van der Waals surface area (Å²) in [6.07, 6.45) is 1.69. The van der Waals surface area contributed by atoms with E-state index >= 15 is 0 Å². The molecule has 0 aromatic carbocycles. The molecule has 2 aliphatic heterocycles. The third kappa shape index (κ3) is 4.10. The Labute approximate surface area is 133 Å². The van der Waals surface area contributed by atoms with Crippen molar-refractivity contribution in [3.05, 3.63) is 12.7 Å². The van der Waals surface area contributed by atoms with Crippen LogP contribution in [0.2, 0.25) is 0 Å². The van der Waals surface area contributed by atoms with E-state index in [1.54, 1.807) is 11.0 Å². The summed E-state index contributed by atoms with van der Waals surface area (Å²) in [7, 11) is -3.04. The van der Waals surface area contributed by atoms with E-state index in [0.717, 1.165) is 0 Å². The molecule has 2 rings (SSSR count). The molecule has 0 unspecified atom stereocenters. The molecular formula is C13H17N2O5S2-. The van der Waals surface area contributed by atoms with Crippen molar-refractivity contribution in [2.75, 3.05) is 18.1 Å². The van der Waals surface area contributed by atoms with Crippen LogP contribution in [0.3, 0.4) is 0 Å². The number of aliphatic carboxylic acids is 1. The molecule has 2 atom stereocenters. The summed E-state index contributed by atoms with van der Waals surface area (Å²) >= 11 is 1.30. The van der Waals surface area contributed by atoms with Crippen molar-refractivity contribution < 1.29 is 23.1 Å². The maximum absolute atomic E-state index is 11.8. The summed E-state index contributed by atoms with van der Waals surface area (Å²) in [5.41, 5.74) is 0. The molecule has 2 saturated heterocycles. The molecule has 0 saturated carbocycles. The number of nitrogens with zero attached hydrogens (tertiary/aromatic N) is 2. The third-order valence-corrected chi connectivity index (χ3v) is 6.74. The molecule has 2 heterocycles. The molecule has 9 heteroatoms. The molecule has 0 spiro atoms. The Morgan fingerprint density at radius 1 is 1.41 bits per heavy atom. The second-order valence-electron chi connectivity index (χ2n) is 5.26. The van der Waals surface area contributed by atoms with Crippen molar-refractivity contribution in [2.24, 2.45) is 4.99 Å². The molecule has 122 valence electrons. The number of carboxylic acids is 1. The molecule has 0 aliphatic carbocycles. The van der Waals surface area contributed by atoms with Crippen LogP contribution in [0.5, 0.6) is 0 Å². The van der Waals surface area contributed by atoms with Gasteiger partial charge < -0.3 is 14.8 Å². The molecule has 7 nitrogen and oxygen atoms in total. The lowest BCUT2D eigenvalue weighted by atomic mass is 10.2. The molecule has 0 N–H and O–H groups in total. The molecule has 2 aliphatic rings. The lowest BCUT2D eigenvalue weighted by Gasteiger charge is -2.22. The van der Waals surface area contributed by atoms with Gasteiger partial charge in [-0.05, 0) is 12.8 Å². The van der Waals surface area contributed by atoms with E-state index in [4.69, 9.17) is 0 Å². The molecule has 22 heavy (non-hydrogen) atoms. The minimum absolute atomic E-state index is 0.0353. The van der Waals surface area contributed by atoms with Crippen molar-refractivity contribution in [2.45, 2.75) is 30.6 Å². The predicted molar refractivity (Wildman–Crippen MR) is 82.0 cm³/mol.